The van der Waals surface area contributed by atoms with Gasteiger partial charge in [-0.1, -0.05) is 80.4 Å². The van der Waals surface area contributed by atoms with Gasteiger partial charge in [0.25, 0.3) is 0 Å². The zero-order valence-electron chi connectivity index (χ0n) is 24.4. The molecule has 0 aromatic heterocycles. The number of aliphatic hydroxyl groups is 1. The molecule has 0 heterocycles. The van der Waals surface area contributed by atoms with Gasteiger partial charge in [-0.05, 0) is 61.1 Å². The van der Waals surface area contributed by atoms with E-state index in [2.05, 4.69) is 5.32 Å². The number of carbonyl (C=O) groups is 1. The van der Waals surface area contributed by atoms with Crippen molar-refractivity contribution in [3.63, 3.8) is 0 Å². The highest BCUT2D eigenvalue weighted by molar-refractivity contribution is 7.89. The minimum Gasteiger partial charge on any atom is -0.399 e. The predicted molar refractivity (Wildman–Crippen MR) is 165 cm³/mol. The first-order valence-corrected chi connectivity index (χ1v) is 15.6. The van der Waals surface area contributed by atoms with E-state index in [4.69, 9.17) is 5.73 Å². The number of nitrogens with two attached hydrogens (primary N) is 1. The summed E-state index contributed by atoms with van der Waals surface area (Å²) in [7, 11) is -3.77. The van der Waals surface area contributed by atoms with E-state index in [-0.39, 0.29) is 23.5 Å². The summed E-state index contributed by atoms with van der Waals surface area (Å²) in [5.41, 5.74) is 9.55. The lowest BCUT2D eigenvalue weighted by atomic mass is 10.1. The van der Waals surface area contributed by atoms with Crippen molar-refractivity contribution < 1.29 is 18.3 Å². The van der Waals surface area contributed by atoms with E-state index >= 15 is 0 Å². The fraction of sp³-hybridized carbons (Fsp3) is 0.406. The Hall–Kier alpha value is -3.40. The van der Waals surface area contributed by atoms with Crippen molar-refractivity contribution in [2.75, 3.05) is 25.4 Å². The van der Waals surface area contributed by atoms with Crippen LogP contribution in [0.15, 0.2) is 83.8 Å². The molecular formula is C32H44N4O4S. The number of benzene rings is 3. The van der Waals surface area contributed by atoms with Crippen LogP contribution in [-0.4, -0.2) is 54.5 Å². The maximum atomic E-state index is 13.5. The molecule has 0 saturated carbocycles. The van der Waals surface area contributed by atoms with Gasteiger partial charge in [0.2, 0.25) is 10.0 Å². The Balaban J connectivity index is 1.60. The quantitative estimate of drug-likeness (QED) is 0.170. The monoisotopic (exact) mass is 580 g/mol. The van der Waals surface area contributed by atoms with E-state index in [1.165, 1.54) is 4.31 Å². The number of nitrogen functional groups attached to an aromatic ring is 1. The van der Waals surface area contributed by atoms with Crippen molar-refractivity contribution in [3.05, 3.63) is 95.6 Å². The Morgan fingerprint density at radius 1 is 0.927 bits per heavy atom. The number of nitrogens with one attached hydrogen (secondary N) is 1. The minimum absolute atomic E-state index is 0.0964. The molecule has 3 rings (SSSR count). The summed E-state index contributed by atoms with van der Waals surface area (Å²) < 4.78 is 28.4. The number of carbonyl (C=O) groups excluding carboxylic acids is 1. The van der Waals surface area contributed by atoms with Crippen LogP contribution < -0.4 is 11.1 Å². The minimum atomic E-state index is -3.77. The van der Waals surface area contributed by atoms with Gasteiger partial charge >= 0.3 is 6.03 Å². The number of unbranched alkanes of at least 4 members (excludes halogenated alkanes) is 1. The molecule has 0 aliphatic carbocycles. The molecule has 0 unspecified atom stereocenters. The third kappa shape index (κ3) is 9.88. The second kappa shape index (κ2) is 15.6. The van der Waals surface area contributed by atoms with Crippen LogP contribution in [0.25, 0.3) is 0 Å². The van der Waals surface area contributed by atoms with Gasteiger partial charge in [-0.25, -0.2) is 13.2 Å². The Bertz CT molecular complexity index is 1330. The standard InChI is InChI=1S/C32H44N4O4S/c1-25(2)21-36(41(39,40)31-17-15-26(3)16-18-31)30(24-37)14-7-8-19-34-32(38)35(22-27-10-5-4-6-11-27)23-28-12-9-13-29(33)20-28/h4-6,9-13,15-18,20,25,30,37H,7-8,14,19,21-24,33H2,1-3H3,(H,34,38)/t30-/m0/s1. The zero-order chi connectivity index (χ0) is 29.8. The van der Waals surface area contributed by atoms with Crippen molar-refractivity contribution in [2.24, 2.45) is 5.92 Å². The van der Waals surface area contributed by atoms with Crippen LogP contribution in [0.2, 0.25) is 0 Å². The van der Waals surface area contributed by atoms with Crippen LogP contribution in [0.4, 0.5) is 10.5 Å². The van der Waals surface area contributed by atoms with E-state index in [0.29, 0.717) is 51.1 Å². The molecule has 0 spiro atoms. The molecule has 8 nitrogen and oxygen atoms in total. The lowest BCUT2D eigenvalue weighted by Gasteiger charge is -2.31. The summed E-state index contributed by atoms with van der Waals surface area (Å²) in [5.74, 6) is 0.0964. The summed E-state index contributed by atoms with van der Waals surface area (Å²) >= 11 is 0. The molecule has 0 bridgehead atoms. The third-order valence-corrected chi connectivity index (χ3v) is 8.79. The van der Waals surface area contributed by atoms with Gasteiger partial charge in [0.15, 0.2) is 0 Å². The van der Waals surface area contributed by atoms with Gasteiger partial charge in [0.05, 0.1) is 11.5 Å². The highest BCUT2D eigenvalue weighted by Crippen LogP contribution is 2.23. The number of aryl methyl sites for hydroxylation is 1. The highest BCUT2D eigenvalue weighted by Gasteiger charge is 2.31. The number of hydrogen-bond acceptors (Lipinski definition) is 5. The van der Waals surface area contributed by atoms with Gasteiger partial charge in [-0.15, -0.1) is 0 Å². The van der Waals surface area contributed by atoms with E-state index in [1.54, 1.807) is 29.2 Å². The maximum Gasteiger partial charge on any atom is 0.318 e. The first kappa shape index (κ1) is 32.1. The number of hydrogen-bond donors (Lipinski definition) is 3. The lowest BCUT2D eigenvalue weighted by molar-refractivity contribution is 0.167. The molecule has 9 heteroatoms. The van der Waals surface area contributed by atoms with E-state index < -0.39 is 16.1 Å². The largest absolute Gasteiger partial charge is 0.399 e. The first-order chi connectivity index (χ1) is 19.6. The van der Waals surface area contributed by atoms with Crippen molar-refractivity contribution in [1.82, 2.24) is 14.5 Å². The number of rotatable bonds is 15. The Morgan fingerprint density at radius 2 is 1.59 bits per heavy atom. The average molecular weight is 581 g/mol. The molecule has 0 aliphatic rings. The van der Waals surface area contributed by atoms with E-state index in [9.17, 15) is 18.3 Å². The summed E-state index contributed by atoms with van der Waals surface area (Å²) in [4.78, 5) is 15.2. The van der Waals surface area contributed by atoms with Crippen molar-refractivity contribution >= 4 is 21.7 Å². The van der Waals surface area contributed by atoms with Gasteiger partial charge in [0.1, 0.15) is 0 Å². The molecule has 1 atom stereocenters. The molecular weight excluding hydrogens is 536 g/mol. The summed E-state index contributed by atoms with van der Waals surface area (Å²) in [6, 6.07) is 23.4. The number of urea groups is 1. The molecule has 41 heavy (non-hydrogen) atoms. The molecule has 3 aromatic rings. The molecule has 222 valence electrons. The van der Waals surface area contributed by atoms with E-state index in [1.807, 2.05) is 75.4 Å². The average Bonchev–Trinajstić information content (AvgIpc) is 2.94. The van der Waals surface area contributed by atoms with E-state index in [0.717, 1.165) is 16.7 Å². The van der Waals surface area contributed by atoms with Crippen LogP contribution in [0.1, 0.15) is 49.8 Å². The fourth-order valence-electron chi connectivity index (χ4n) is 4.70. The van der Waals surface area contributed by atoms with Gasteiger partial charge in [-0.2, -0.15) is 4.31 Å². The molecule has 2 amide bonds. The van der Waals surface area contributed by atoms with Crippen LogP contribution in [-0.2, 0) is 23.1 Å². The second-order valence-electron chi connectivity index (χ2n) is 10.9. The Labute approximate surface area is 245 Å². The number of sulfonamides is 1. The number of aliphatic hydroxyl groups excluding tert-OH is 1. The maximum absolute atomic E-state index is 13.5. The highest BCUT2D eigenvalue weighted by atomic mass is 32.2. The molecule has 4 N–H and O–H groups in total. The van der Waals surface area contributed by atoms with Crippen LogP contribution in [0.5, 0.6) is 0 Å². The van der Waals surface area contributed by atoms with Crippen LogP contribution >= 0.6 is 0 Å². The predicted octanol–water partition coefficient (Wildman–Crippen LogP) is 5.17. The molecule has 0 aliphatic heterocycles. The van der Waals surface area contributed by atoms with Crippen LogP contribution in [0, 0.1) is 12.8 Å². The smallest absolute Gasteiger partial charge is 0.318 e. The SMILES string of the molecule is Cc1ccc(S(=O)(=O)N(CC(C)C)[C@H](CO)CCCCNC(=O)N(Cc2ccccc2)Cc2cccc(N)c2)cc1. The van der Waals surface area contributed by atoms with Gasteiger partial charge in [-0.3, -0.25) is 0 Å². The summed E-state index contributed by atoms with van der Waals surface area (Å²) in [6.45, 7) is 7.20. The lowest BCUT2D eigenvalue weighted by Crippen LogP contribution is -2.44. The molecule has 0 fully saturated rings. The summed E-state index contributed by atoms with van der Waals surface area (Å²) in [5, 5.41) is 13.2. The molecule has 3 aromatic carbocycles. The Morgan fingerprint density at radius 3 is 2.22 bits per heavy atom. The fourth-order valence-corrected chi connectivity index (χ4v) is 6.51. The topological polar surface area (TPSA) is 116 Å². The number of amides is 2. The summed E-state index contributed by atoms with van der Waals surface area (Å²) in [6.07, 6.45) is 1.79. The zero-order valence-corrected chi connectivity index (χ0v) is 25.2. The molecule has 0 saturated heterocycles. The van der Waals surface area contributed by atoms with Crippen molar-refractivity contribution in [1.29, 1.82) is 0 Å². The number of nitrogens with zero attached hydrogens (tertiary/aromatic N) is 2. The van der Waals surface area contributed by atoms with Crippen molar-refractivity contribution in [2.45, 2.75) is 64.1 Å². The first-order valence-electron chi connectivity index (χ1n) is 14.2. The third-order valence-electron chi connectivity index (χ3n) is 6.86. The van der Waals surface area contributed by atoms with Crippen LogP contribution in [0.3, 0.4) is 0 Å². The Kier molecular flexibility index (Phi) is 12.2. The van der Waals surface area contributed by atoms with Gasteiger partial charge in [0, 0.05) is 37.9 Å². The second-order valence-corrected chi connectivity index (χ2v) is 12.8. The van der Waals surface area contributed by atoms with Gasteiger partial charge < -0.3 is 21.1 Å². The molecule has 0 radical (unpaired) electrons. The number of anilines is 1. The normalized spacial score (nSPS) is 12.4. The van der Waals surface area contributed by atoms with Crippen molar-refractivity contribution in [3.8, 4) is 0 Å².